The predicted molar refractivity (Wildman–Crippen MR) is 248 cm³/mol. The maximum atomic E-state index is 12.9. The van der Waals surface area contributed by atoms with Crippen LogP contribution in [0.5, 0.6) is 0 Å². The fourth-order valence-corrected chi connectivity index (χ4v) is 8.27. The molecule has 4 N–H and O–H groups in total. The van der Waals surface area contributed by atoms with Crippen molar-refractivity contribution in [3.8, 4) is 0 Å². The van der Waals surface area contributed by atoms with E-state index in [-0.39, 0.29) is 19.6 Å². The van der Waals surface area contributed by atoms with Crippen LogP contribution in [-0.4, -0.2) is 97.5 Å². The van der Waals surface area contributed by atoms with Crippen molar-refractivity contribution >= 4 is 16.4 Å². The van der Waals surface area contributed by atoms with E-state index in [0.29, 0.717) is 13.0 Å². The van der Waals surface area contributed by atoms with Gasteiger partial charge in [0.15, 0.2) is 6.29 Å². The maximum absolute atomic E-state index is 12.9. The maximum Gasteiger partial charge on any atom is 0.397 e. The number of ether oxygens (including phenoxy) is 4. The minimum Gasteiger partial charge on any atom is -0.457 e. The van der Waals surface area contributed by atoms with Gasteiger partial charge in [-0.15, -0.1) is 0 Å². The Morgan fingerprint density at radius 1 is 0.613 bits per heavy atom. The summed E-state index contributed by atoms with van der Waals surface area (Å²) in [6.45, 7) is 4.00. The summed E-state index contributed by atoms with van der Waals surface area (Å²) in [6, 6.07) is 0. The fourth-order valence-electron chi connectivity index (χ4n) is 7.76. The second kappa shape index (κ2) is 41.0. The van der Waals surface area contributed by atoms with E-state index >= 15 is 0 Å². The van der Waals surface area contributed by atoms with Crippen LogP contribution in [0.4, 0.5) is 0 Å². The van der Waals surface area contributed by atoms with Gasteiger partial charge in [0.1, 0.15) is 30.5 Å². The number of aliphatic hydroxyl groups is 3. The number of rotatable bonds is 44. The normalized spacial score (nSPS) is 20.1. The highest BCUT2D eigenvalue weighted by atomic mass is 32.3. The van der Waals surface area contributed by atoms with Gasteiger partial charge in [-0.25, -0.2) is 4.18 Å². The molecule has 0 aliphatic carbocycles. The van der Waals surface area contributed by atoms with Gasteiger partial charge in [-0.05, 0) is 44.9 Å². The second-order valence-corrected chi connectivity index (χ2v) is 18.5. The molecular weight excluding hydrogens is 813 g/mol. The molecule has 1 rings (SSSR count). The van der Waals surface area contributed by atoms with Gasteiger partial charge in [0.25, 0.3) is 0 Å². The average Bonchev–Trinajstić information content (AvgIpc) is 3.24. The van der Waals surface area contributed by atoms with E-state index in [1.807, 2.05) is 0 Å². The average molecular weight is 905 g/mol. The van der Waals surface area contributed by atoms with E-state index in [2.05, 4.69) is 42.3 Å². The molecule has 0 aromatic rings. The lowest BCUT2D eigenvalue weighted by Crippen LogP contribution is -2.60. The summed E-state index contributed by atoms with van der Waals surface area (Å²) < 4.78 is 59.2. The minimum atomic E-state index is -5.06. The standard InChI is InChI=1S/C49H92O12S/c1-3-5-7-9-11-13-15-17-19-21-22-23-24-26-28-30-32-34-36-38-45(51)59-43(42-58-49-47(53)48(61-62(54,55)56)46(52)44(40-50)60-49)41-57-39-37-35-33-31-29-27-25-20-18-16-14-12-10-8-6-4-2/h11,13,17,19,43-44,46-50,52-53H,3-10,12,14-16,18,20-42H2,1-2H3,(H,54,55,56)/b13-11-,19-17-. The second-order valence-electron chi connectivity index (χ2n) is 17.4. The van der Waals surface area contributed by atoms with Crippen LogP contribution in [0.3, 0.4) is 0 Å². The van der Waals surface area contributed by atoms with Gasteiger partial charge < -0.3 is 34.3 Å². The van der Waals surface area contributed by atoms with Crippen molar-refractivity contribution < 1.29 is 56.2 Å². The third-order valence-corrected chi connectivity index (χ3v) is 12.0. The first kappa shape index (κ1) is 58.6. The van der Waals surface area contributed by atoms with E-state index in [9.17, 15) is 33.1 Å². The summed E-state index contributed by atoms with van der Waals surface area (Å²) in [5.41, 5.74) is 0. The van der Waals surface area contributed by atoms with E-state index in [1.165, 1.54) is 141 Å². The number of aliphatic hydroxyl groups excluding tert-OH is 3. The zero-order chi connectivity index (χ0) is 45.4. The number of allylic oxidation sites excluding steroid dienone is 4. The SMILES string of the molecule is CCCCC/C=C\C/C=C\CCCCCCCCCCCC(=O)OC(COCCCCCCCCCCCCCCCCCC)COC1OC(CO)C(O)C(OS(=O)(=O)O)C1O. The molecule has 6 atom stereocenters. The molecule has 0 aromatic carbocycles. The molecule has 1 aliphatic heterocycles. The van der Waals surface area contributed by atoms with Crippen molar-refractivity contribution in [3.05, 3.63) is 24.3 Å². The minimum absolute atomic E-state index is 0.0388. The van der Waals surface area contributed by atoms with Gasteiger partial charge >= 0.3 is 16.4 Å². The van der Waals surface area contributed by atoms with Crippen LogP contribution in [0.15, 0.2) is 24.3 Å². The number of hydrogen-bond donors (Lipinski definition) is 4. The molecule has 12 nitrogen and oxygen atoms in total. The Labute approximate surface area is 378 Å². The van der Waals surface area contributed by atoms with Crippen LogP contribution in [-0.2, 0) is 38.3 Å². The summed E-state index contributed by atoms with van der Waals surface area (Å²) in [5, 5.41) is 30.7. The fraction of sp³-hybridized carbons (Fsp3) is 0.898. The number of esters is 1. The van der Waals surface area contributed by atoms with Crippen molar-refractivity contribution in [1.29, 1.82) is 0 Å². The van der Waals surface area contributed by atoms with Crippen molar-refractivity contribution in [1.82, 2.24) is 0 Å². The van der Waals surface area contributed by atoms with Crippen molar-refractivity contribution in [2.45, 2.75) is 256 Å². The van der Waals surface area contributed by atoms with Crippen LogP contribution < -0.4 is 0 Å². The molecular formula is C49H92O12S. The van der Waals surface area contributed by atoms with Crippen LogP contribution in [0.25, 0.3) is 0 Å². The van der Waals surface area contributed by atoms with Gasteiger partial charge in [0, 0.05) is 13.0 Å². The molecule has 6 unspecified atom stereocenters. The molecule has 0 spiro atoms. The number of carbonyl (C=O) groups is 1. The molecule has 1 aliphatic rings. The number of carbonyl (C=O) groups excluding carboxylic acids is 1. The Hall–Kier alpha value is -1.42. The molecule has 1 saturated heterocycles. The Morgan fingerprint density at radius 3 is 1.56 bits per heavy atom. The quantitative estimate of drug-likeness (QED) is 0.0197. The van der Waals surface area contributed by atoms with Crippen LogP contribution >= 0.6 is 0 Å². The summed E-state index contributed by atoms with van der Waals surface area (Å²) in [6.07, 6.45) is 37.7. The summed E-state index contributed by atoms with van der Waals surface area (Å²) >= 11 is 0. The zero-order valence-corrected chi connectivity index (χ0v) is 40.0. The van der Waals surface area contributed by atoms with E-state index in [4.69, 9.17) is 18.9 Å². The lowest BCUT2D eigenvalue weighted by atomic mass is 9.99. The third-order valence-electron chi connectivity index (χ3n) is 11.6. The summed E-state index contributed by atoms with van der Waals surface area (Å²) in [7, 11) is -5.06. The Morgan fingerprint density at radius 2 is 1.06 bits per heavy atom. The predicted octanol–water partition coefficient (Wildman–Crippen LogP) is 11.2. The molecule has 0 amide bonds. The zero-order valence-electron chi connectivity index (χ0n) is 39.2. The molecule has 0 radical (unpaired) electrons. The Kier molecular flexibility index (Phi) is 38.8. The van der Waals surface area contributed by atoms with Crippen LogP contribution in [0, 0.1) is 0 Å². The first-order valence-corrected chi connectivity index (χ1v) is 26.5. The Bertz CT molecular complexity index is 1180. The molecule has 0 bridgehead atoms. The highest BCUT2D eigenvalue weighted by molar-refractivity contribution is 7.80. The van der Waals surface area contributed by atoms with Gasteiger partial charge in [0.2, 0.25) is 0 Å². The number of unbranched alkanes of at least 4 members (excludes halogenated alkanes) is 27. The Balaban J connectivity index is 2.37. The lowest BCUT2D eigenvalue weighted by Gasteiger charge is -2.41. The first-order chi connectivity index (χ1) is 30.1. The van der Waals surface area contributed by atoms with Crippen LogP contribution in [0.1, 0.15) is 219 Å². The highest BCUT2D eigenvalue weighted by Crippen LogP contribution is 2.26. The lowest BCUT2D eigenvalue weighted by molar-refractivity contribution is -0.301. The van der Waals surface area contributed by atoms with E-state index in [0.717, 1.165) is 51.4 Å². The topological polar surface area (TPSA) is 178 Å². The van der Waals surface area contributed by atoms with Gasteiger partial charge in [-0.3, -0.25) is 9.35 Å². The molecule has 1 fully saturated rings. The van der Waals surface area contributed by atoms with Gasteiger partial charge in [-0.2, -0.15) is 8.42 Å². The van der Waals surface area contributed by atoms with Crippen molar-refractivity contribution in [3.63, 3.8) is 0 Å². The smallest absolute Gasteiger partial charge is 0.397 e. The molecule has 366 valence electrons. The number of hydrogen-bond acceptors (Lipinski definition) is 11. The third kappa shape index (κ3) is 34.0. The van der Waals surface area contributed by atoms with E-state index < -0.39 is 59.8 Å². The van der Waals surface area contributed by atoms with Gasteiger partial charge in [-0.1, -0.05) is 192 Å². The van der Waals surface area contributed by atoms with E-state index in [1.54, 1.807) is 0 Å². The summed E-state index contributed by atoms with van der Waals surface area (Å²) in [5.74, 6) is -0.400. The van der Waals surface area contributed by atoms with Crippen molar-refractivity contribution in [2.75, 3.05) is 26.4 Å². The summed E-state index contributed by atoms with van der Waals surface area (Å²) in [4.78, 5) is 12.9. The first-order valence-electron chi connectivity index (χ1n) is 25.1. The highest BCUT2D eigenvalue weighted by Gasteiger charge is 2.48. The molecule has 1 heterocycles. The largest absolute Gasteiger partial charge is 0.457 e. The molecule has 13 heteroatoms. The van der Waals surface area contributed by atoms with Crippen LogP contribution in [0.2, 0.25) is 0 Å². The molecule has 0 saturated carbocycles. The van der Waals surface area contributed by atoms with Gasteiger partial charge in [0.05, 0.1) is 19.8 Å². The monoisotopic (exact) mass is 905 g/mol. The van der Waals surface area contributed by atoms with Crippen molar-refractivity contribution in [2.24, 2.45) is 0 Å². The molecule has 62 heavy (non-hydrogen) atoms. The molecule has 0 aromatic heterocycles.